The van der Waals surface area contributed by atoms with E-state index in [1.807, 2.05) is 25.3 Å². The Labute approximate surface area is 170 Å². The maximum atomic E-state index is 12.1. The van der Waals surface area contributed by atoms with Crippen LogP contribution >= 0.6 is 0 Å². The summed E-state index contributed by atoms with van der Waals surface area (Å²) < 4.78 is 44.5. The minimum atomic E-state index is -5.08. The Hall–Kier alpha value is -3.15. The number of methoxy groups -OCH3 is 1. The summed E-state index contributed by atoms with van der Waals surface area (Å²) in [6, 6.07) is 3.63. The number of hydrogen-bond acceptors (Lipinski definition) is 6. The number of carbonyl (C=O) groups is 2. The van der Waals surface area contributed by atoms with E-state index in [0.29, 0.717) is 19.7 Å². The van der Waals surface area contributed by atoms with Crippen molar-refractivity contribution in [2.45, 2.75) is 32.3 Å². The van der Waals surface area contributed by atoms with Crippen LogP contribution in [0, 0.1) is 0 Å². The monoisotopic (exact) mass is 430 g/mol. The highest BCUT2D eigenvalue weighted by Gasteiger charge is 2.38. The fourth-order valence-electron chi connectivity index (χ4n) is 2.81. The number of aromatic nitrogens is 3. The number of ether oxygens (including phenoxy) is 2. The van der Waals surface area contributed by atoms with Crippen LogP contribution in [0.2, 0.25) is 0 Å². The quantitative estimate of drug-likeness (QED) is 0.774. The van der Waals surface area contributed by atoms with Crippen molar-refractivity contribution in [3.8, 4) is 5.75 Å². The zero-order valence-corrected chi connectivity index (χ0v) is 16.3. The van der Waals surface area contributed by atoms with Crippen LogP contribution in [0.3, 0.4) is 0 Å². The summed E-state index contributed by atoms with van der Waals surface area (Å²) in [6.07, 6.45) is 0.120. The van der Waals surface area contributed by atoms with E-state index in [1.54, 1.807) is 17.3 Å². The molecule has 3 heterocycles. The van der Waals surface area contributed by atoms with Gasteiger partial charge in [-0.2, -0.15) is 13.2 Å². The molecule has 30 heavy (non-hydrogen) atoms. The number of imidazole rings is 1. The van der Waals surface area contributed by atoms with Gasteiger partial charge in [0.05, 0.1) is 24.1 Å². The minimum Gasteiger partial charge on any atom is -0.486 e. The first-order valence-electron chi connectivity index (χ1n) is 8.80. The van der Waals surface area contributed by atoms with Crippen LogP contribution in [0.4, 0.5) is 13.2 Å². The molecule has 0 spiro atoms. The van der Waals surface area contributed by atoms with Crippen LogP contribution in [0.1, 0.15) is 24.5 Å². The number of alkyl halides is 3. The molecule has 3 rings (SSSR count). The van der Waals surface area contributed by atoms with Crippen molar-refractivity contribution in [2.75, 3.05) is 20.3 Å². The predicted octanol–water partition coefficient (Wildman–Crippen LogP) is 2.04. The number of aliphatic carboxylic acids is 1. The lowest BCUT2D eigenvalue weighted by Crippen LogP contribution is -2.43. The summed E-state index contributed by atoms with van der Waals surface area (Å²) in [5.41, 5.74) is 0.995. The molecular weight excluding hydrogens is 409 g/mol. The molecule has 1 unspecified atom stereocenters. The van der Waals surface area contributed by atoms with Gasteiger partial charge >= 0.3 is 12.1 Å². The zero-order valence-electron chi connectivity index (χ0n) is 16.3. The third-order valence-corrected chi connectivity index (χ3v) is 4.23. The van der Waals surface area contributed by atoms with E-state index in [-0.39, 0.29) is 18.6 Å². The van der Waals surface area contributed by atoms with E-state index < -0.39 is 12.1 Å². The Morgan fingerprint density at radius 3 is 2.57 bits per heavy atom. The number of carboxylic acid groups (broad SMARTS) is 1. The van der Waals surface area contributed by atoms with Crippen molar-refractivity contribution in [3.63, 3.8) is 0 Å². The average Bonchev–Trinajstić information content (AvgIpc) is 3.11. The number of pyridine rings is 1. The number of nitrogens with zero attached hydrogens (tertiary/aromatic N) is 4. The molecule has 0 saturated carbocycles. The fraction of sp³-hybridized carbons (Fsp3) is 0.444. The van der Waals surface area contributed by atoms with Crippen LogP contribution in [-0.4, -0.2) is 62.9 Å². The first-order chi connectivity index (χ1) is 14.1. The molecule has 1 aliphatic heterocycles. The number of hydrogen-bond donors (Lipinski definition) is 1. The molecule has 0 aliphatic carbocycles. The highest BCUT2D eigenvalue weighted by Crippen LogP contribution is 2.26. The molecule has 2 aromatic rings. The molecular formula is C18H21F3N4O5. The van der Waals surface area contributed by atoms with Crippen molar-refractivity contribution in [3.05, 3.63) is 42.2 Å². The van der Waals surface area contributed by atoms with Crippen molar-refractivity contribution in [1.82, 2.24) is 19.4 Å². The molecule has 12 heteroatoms. The topological polar surface area (TPSA) is 107 Å². The van der Waals surface area contributed by atoms with Gasteiger partial charge in [-0.15, -0.1) is 0 Å². The Kier molecular flexibility index (Phi) is 7.75. The van der Waals surface area contributed by atoms with Gasteiger partial charge in [0.1, 0.15) is 24.8 Å². The van der Waals surface area contributed by atoms with Gasteiger partial charge in [0, 0.05) is 26.4 Å². The normalized spacial score (nSPS) is 15.6. The van der Waals surface area contributed by atoms with E-state index in [0.717, 1.165) is 17.3 Å². The van der Waals surface area contributed by atoms with Gasteiger partial charge in [0.15, 0.2) is 0 Å². The second kappa shape index (κ2) is 10.1. The Morgan fingerprint density at radius 1 is 1.30 bits per heavy atom. The third-order valence-electron chi connectivity index (χ3n) is 4.23. The van der Waals surface area contributed by atoms with E-state index >= 15 is 0 Å². The summed E-state index contributed by atoms with van der Waals surface area (Å²) in [6.45, 7) is 3.87. The molecule has 2 aromatic heterocycles. The summed E-state index contributed by atoms with van der Waals surface area (Å²) >= 11 is 0. The highest BCUT2D eigenvalue weighted by atomic mass is 19.4. The lowest BCUT2D eigenvalue weighted by molar-refractivity contribution is -0.192. The fourth-order valence-corrected chi connectivity index (χ4v) is 2.81. The third kappa shape index (κ3) is 5.92. The minimum absolute atomic E-state index is 0.0117. The van der Waals surface area contributed by atoms with Crippen LogP contribution in [0.15, 0.2) is 30.7 Å². The molecule has 1 N–H and O–H groups in total. The van der Waals surface area contributed by atoms with Gasteiger partial charge < -0.3 is 24.0 Å². The second-order valence-corrected chi connectivity index (χ2v) is 6.24. The van der Waals surface area contributed by atoms with Gasteiger partial charge in [-0.3, -0.25) is 9.78 Å². The first-order valence-corrected chi connectivity index (χ1v) is 8.80. The molecule has 1 amide bonds. The Bertz CT molecular complexity index is 857. The van der Waals surface area contributed by atoms with Crippen molar-refractivity contribution in [2.24, 2.45) is 0 Å². The summed E-state index contributed by atoms with van der Waals surface area (Å²) in [4.78, 5) is 31.3. The second-order valence-electron chi connectivity index (χ2n) is 6.24. The van der Waals surface area contributed by atoms with Crippen LogP contribution in [-0.2, 0) is 27.5 Å². The van der Waals surface area contributed by atoms with Crippen LogP contribution < -0.4 is 4.74 Å². The maximum Gasteiger partial charge on any atom is 0.490 e. The molecule has 0 saturated heterocycles. The van der Waals surface area contributed by atoms with Crippen LogP contribution in [0.25, 0.3) is 0 Å². The number of carboxylic acids is 1. The molecule has 164 valence electrons. The van der Waals surface area contributed by atoms with Crippen molar-refractivity contribution in [1.29, 1.82) is 0 Å². The highest BCUT2D eigenvalue weighted by molar-refractivity contribution is 5.78. The SMILES string of the molecule is COCC(=O)N1CCn2c(COc3cccnc3)cnc2C1C.O=C(O)C(F)(F)F. The number of rotatable bonds is 5. The summed E-state index contributed by atoms with van der Waals surface area (Å²) in [5, 5.41) is 7.12. The lowest BCUT2D eigenvalue weighted by atomic mass is 10.2. The molecule has 9 nitrogen and oxygen atoms in total. The molecule has 0 bridgehead atoms. The van der Waals surface area contributed by atoms with E-state index in [9.17, 15) is 18.0 Å². The Balaban J connectivity index is 0.000000396. The average molecular weight is 430 g/mol. The van der Waals surface area contributed by atoms with Gasteiger partial charge in [0.2, 0.25) is 5.91 Å². The lowest BCUT2D eigenvalue weighted by Gasteiger charge is -2.34. The van der Waals surface area contributed by atoms with E-state index in [1.165, 1.54) is 7.11 Å². The summed E-state index contributed by atoms with van der Waals surface area (Å²) in [7, 11) is 1.53. The largest absolute Gasteiger partial charge is 0.490 e. The zero-order chi connectivity index (χ0) is 22.3. The smallest absolute Gasteiger partial charge is 0.486 e. The molecule has 1 atom stereocenters. The van der Waals surface area contributed by atoms with E-state index in [2.05, 4.69) is 14.5 Å². The first kappa shape index (κ1) is 23.1. The molecule has 0 aromatic carbocycles. The van der Waals surface area contributed by atoms with E-state index in [4.69, 9.17) is 19.4 Å². The number of halogens is 3. The maximum absolute atomic E-state index is 12.1. The van der Waals surface area contributed by atoms with Gasteiger partial charge in [-0.1, -0.05) is 0 Å². The number of amides is 1. The van der Waals surface area contributed by atoms with Crippen molar-refractivity contribution >= 4 is 11.9 Å². The van der Waals surface area contributed by atoms with Crippen LogP contribution in [0.5, 0.6) is 5.75 Å². The summed E-state index contributed by atoms with van der Waals surface area (Å²) in [5.74, 6) is -1.16. The van der Waals surface area contributed by atoms with Gasteiger partial charge in [-0.25, -0.2) is 9.78 Å². The van der Waals surface area contributed by atoms with Gasteiger partial charge in [0.25, 0.3) is 0 Å². The molecule has 0 radical (unpaired) electrons. The number of carbonyl (C=O) groups excluding carboxylic acids is 1. The van der Waals surface area contributed by atoms with Crippen molar-refractivity contribution < 1.29 is 37.3 Å². The number of fused-ring (bicyclic) bond motifs is 1. The molecule has 0 fully saturated rings. The standard InChI is InChI=1S/C16H20N4O3.C2HF3O2/c1-12-16-18-8-13(10-23-14-4-3-5-17-9-14)20(16)7-6-19(12)15(21)11-22-2;3-2(4,5)1(6)7/h3-5,8-9,12H,6-7,10-11H2,1-2H3;(H,6,7). The molecule has 1 aliphatic rings. The van der Waals surface area contributed by atoms with Gasteiger partial charge in [-0.05, 0) is 19.1 Å². The Morgan fingerprint density at radius 2 is 2.00 bits per heavy atom. The predicted molar refractivity (Wildman–Crippen MR) is 96.5 cm³/mol.